The Hall–Kier alpha value is -0.793. The van der Waals surface area contributed by atoms with Gasteiger partial charge in [0.15, 0.2) is 8.32 Å². The lowest BCUT2D eigenvalue weighted by Crippen LogP contribution is -2.40. The highest BCUT2D eigenvalue weighted by Gasteiger charge is 2.36. The number of carbonyl (C=O) groups is 1. The van der Waals surface area contributed by atoms with E-state index in [0.29, 0.717) is 6.61 Å². The van der Waals surface area contributed by atoms with E-state index < -0.39 is 14.3 Å². The number of carbonyl (C=O) groups excluding carboxylic acids is 1. The van der Waals surface area contributed by atoms with Gasteiger partial charge in [-0.1, -0.05) is 33.1 Å². The lowest BCUT2D eigenvalue weighted by molar-refractivity contribution is -0.136. The molecular weight excluding hydrogens is 268 g/mol. The van der Waals surface area contributed by atoms with Crippen LogP contribution < -0.4 is 0 Å². The van der Waals surface area contributed by atoms with Crippen LogP contribution in [0.3, 0.4) is 0 Å². The summed E-state index contributed by atoms with van der Waals surface area (Å²) in [5.41, 5.74) is 0. The maximum Gasteiger partial charge on any atom is 0.384 e. The van der Waals surface area contributed by atoms with Crippen molar-refractivity contribution in [1.29, 1.82) is 0 Å². The fourth-order valence-electron chi connectivity index (χ4n) is 1.34. The van der Waals surface area contributed by atoms with Gasteiger partial charge in [-0.05, 0) is 37.9 Å². The van der Waals surface area contributed by atoms with E-state index >= 15 is 0 Å². The first-order valence-electron chi connectivity index (χ1n) is 7.50. The van der Waals surface area contributed by atoms with Gasteiger partial charge in [-0.2, -0.15) is 0 Å². The molecule has 0 saturated carbocycles. The van der Waals surface area contributed by atoms with Gasteiger partial charge in [0.05, 0.1) is 6.61 Å². The second-order valence-corrected chi connectivity index (χ2v) is 11.3. The quantitative estimate of drug-likeness (QED) is 0.233. The first kappa shape index (κ1) is 19.2. The van der Waals surface area contributed by atoms with Gasteiger partial charge < -0.3 is 9.16 Å². The van der Waals surface area contributed by atoms with Crippen LogP contribution in [0.25, 0.3) is 0 Å². The van der Waals surface area contributed by atoms with Gasteiger partial charge in [0.1, 0.15) is 0 Å². The summed E-state index contributed by atoms with van der Waals surface area (Å²) in [5, 5.41) is 0.276. The lowest BCUT2D eigenvalue weighted by atomic mass is 10.2. The summed E-state index contributed by atoms with van der Waals surface area (Å²) in [6.07, 6.45) is 3.91. The molecule has 0 spiro atoms. The number of rotatable bonds is 7. The maximum absolute atomic E-state index is 11.0. The molecule has 0 aromatic heterocycles. The Morgan fingerprint density at radius 3 is 2.35 bits per heavy atom. The molecule has 0 saturated heterocycles. The second kappa shape index (κ2) is 9.20. The Morgan fingerprint density at radius 1 is 1.15 bits per heavy atom. The number of unbranched alkanes of at least 4 members (excludes halogenated alkanes) is 3. The van der Waals surface area contributed by atoms with Crippen molar-refractivity contribution in [2.75, 3.05) is 13.2 Å². The van der Waals surface area contributed by atoms with E-state index in [1.807, 2.05) is 0 Å². The summed E-state index contributed by atoms with van der Waals surface area (Å²) in [4.78, 5) is 11.0. The Balaban J connectivity index is 3.67. The molecule has 0 aromatic carbocycles. The van der Waals surface area contributed by atoms with Crippen LogP contribution in [0.1, 0.15) is 53.4 Å². The molecule has 0 amide bonds. The first-order chi connectivity index (χ1) is 9.20. The molecule has 0 aliphatic rings. The molecule has 0 fully saturated rings. The standard InChI is InChI=1S/C16H30O3Si/c1-7-18-15(17)13-11-9-8-10-12-14-19-20(5,6)16(2,3)4/h7-10,12,14H2,1-6H3. The predicted octanol–water partition coefficient (Wildman–Crippen LogP) is 4.14. The molecule has 0 aliphatic carbocycles. The van der Waals surface area contributed by atoms with Crippen molar-refractivity contribution < 1.29 is 14.0 Å². The number of ether oxygens (including phenoxy) is 1. The Morgan fingerprint density at radius 2 is 1.80 bits per heavy atom. The van der Waals surface area contributed by atoms with Crippen LogP contribution in [0.4, 0.5) is 0 Å². The van der Waals surface area contributed by atoms with Crippen molar-refractivity contribution in [3.63, 3.8) is 0 Å². The van der Waals surface area contributed by atoms with Gasteiger partial charge in [-0.25, -0.2) is 4.79 Å². The normalized spacial score (nSPS) is 11.7. The molecule has 0 bridgehead atoms. The molecule has 0 radical (unpaired) electrons. The molecule has 0 aromatic rings. The monoisotopic (exact) mass is 298 g/mol. The van der Waals surface area contributed by atoms with Crippen LogP contribution >= 0.6 is 0 Å². The smallest absolute Gasteiger partial charge is 0.384 e. The Kier molecular flexibility index (Phi) is 8.83. The molecule has 0 atom stereocenters. The van der Waals surface area contributed by atoms with E-state index in [-0.39, 0.29) is 5.04 Å². The summed E-state index contributed by atoms with van der Waals surface area (Å²) < 4.78 is 10.8. The lowest BCUT2D eigenvalue weighted by Gasteiger charge is -2.36. The van der Waals surface area contributed by atoms with Crippen LogP contribution in [-0.2, 0) is 14.0 Å². The molecular formula is C16H30O3Si. The number of hydrogen-bond acceptors (Lipinski definition) is 3. The maximum atomic E-state index is 11.0. The van der Waals surface area contributed by atoms with Crippen molar-refractivity contribution in [1.82, 2.24) is 0 Å². The fourth-order valence-corrected chi connectivity index (χ4v) is 2.43. The van der Waals surface area contributed by atoms with E-state index in [4.69, 9.17) is 9.16 Å². The summed E-state index contributed by atoms with van der Waals surface area (Å²) in [7, 11) is -1.59. The Bertz CT molecular complexity index is 345. The van der Waals surface area contributed by atoms with Gasteiger partial charge in [-0.15, -0.1) is 0 Å². The molecule has 116 valence electrons. The van der Waals surface area contributed by atoms with Crippen molar-refractivity contribution >= 4 is 14.3 Å². The molecule has 0 aliphatic heterocycles. The molecule has 0 heterocycles. The SMILES string of the molecule is CCOC(=O)C#CCCCCCO[Si](C)(C)C(C)(C)C. The predicted molar refractivity (Wildman–Crippen MR) is 86.0 cm³/mol. The highest BCUT2D eigenvalue weighted by molar-refractivity contribution is 6.74. The average molecular weight is 298 g/mol. The molecule has 3 nitrogen and oxygen atoms in total. The van der Waals surface area contributed by atoms with Crippen LogP contribution in [0.15, 0.2) is 0 Å². The average Bonchev–Trinajstić information content (AvgIpc) is 2.31. The highest BCUT2D eigenvalue weighted by Crippen LogP contribution is 2.36. The van der Waals surface area contributed by atoms with Gasteiger partial charge in [0.25, 0.3) is 0 Å². The highest BCUT2D eigenvalue weighted by atomic mass is 28.4. The van der Waals surface area contributed by atoms with Crippen molar-refractivity contribution in [3.05, 3.63) is 0 Å². The topological polar surface area (TPSA) is 35.5 Å². The van der Waals surface area contributed by atoms with E-state index in [9.17, 15) is 4.79 Å². The summed E-state index contributed by atoms with van der Waals surface area (Å²) in [5.74, 6) is 4.91. The largest absolute Gasteiger partial charge is 0.456 e. The summed E-state index contributed by atoms with van der Waals surface area (Å²) in [6, 6.07) is 0. The van der Waals surface area contributed by atoms with Crippen molar-refractivity contribution in [2.45, 2.75) is 71.5 Å². The molecule has 0 N–H and O–H groups in total. The van der Waals surface area contributed by atoms with Gasteiger partial charge in [0, 0.05) is 18.9 Å². The first-order valence-corrected chi connectivity index (χ1v) is 10.4. The number of hydrogen-bond donors (Lipinski definition) is 0. The van der Waals surface area contributed by atoms with Crippen LogP contribution in [0.2, 0.25) is 18.1 Å². The van der Waals surface area contributed by atoms with Gasteiger partial charge in [0.2, 0.25) is 0 Å². The van der Waals surface area contributed by atoms with Crippen LogP contribution in [0.5, 0.6) is 0 Å². The van der Waals surface area contributed by atoms with E-state index in [1.165, 1.54) is 0 Å². The van der Waals surface area contributed by atoms with Gasteiger partial charge in [-0.3, -0.25) is 0 Å². The Labute approximate surface area is 125 Å². The van der Waals surface area contributed by atoms with E-state index in [2.05, 4.69) is 45.7 Å². The van der Waals surface area contributed by atoms with Crippen LogP contribution in [-0.4, -0.2) is 27.5 Å². The molecule has 0 rings (SSSR count). The molecule has 20 heavy (non-hydrogen) atoms. The van der Waals surface area contributed by atoms with Crippen molar-refractivity contribution in [2.24, 2.45) is 0 Å². The minimum atomic E-state index is -1.59. The summed E-state index contributed by atoms with van der Waals surface area (Å²) >= 11 is 0. The minimum Gasteiger partial charge on any atom is -0.456 e. The zero-order valence-corrected chi connectivity index (χ0v) is 15.0. The third-order valence-electron chi connectivity index (χ3n) is 3.68. The summed E-state index contributed by atoms with van der Waals surface area (Å²) in [6.45, 7) is 14.3. The number of esters is 1. The molecule has 0 unspecified atom stereocenters. The fraction of sp³-hybridized carbons (Fsp3) is 0.812. The third-order valence-corrected chi connectivity index (χ3v) is 8.22. The molecule has 4 heteroatoms. The van der Waals surface area contributed by atoms with Gasteiger partial charge >= 0.3 is 5.97 Å². The zero-order valence-electron chi connectivity index (χ0n) is 14.0. The second-order valence-electron chi connectivity index (χ2n) is 6.44. The van der Waals surface area contributed by atoms with E-state index in [1.54, 1.807) is 6.92 Å². The third kappa shape index (κ3) is 8.39. The van der Waals surface area contributed by atoms with Crippen LogP contribution in [0, 0.1) is 11.8 Å². The van der Waals surface area contributed by atoms with Crippen molar-refractivity contribution in [3.8, 4) is 11.8 Å². The zero-order chi connectivity index (χ0) is 15.6. The minimum absolute atomic E-state index is 0.276. The van der Waals surface area contributed by atoms with E-state index in [0.717, 1.165) is 32.3 Å².